The molecule has 0 atom stereocenters. The Morgan fingerprint density at radius 1 is 1.08 bits per heavy atom. The number of benzene rings is 1. The highest BCUT2D eigenvalue weighted by molar-refractivity contribution is 5.93. The van der Waals surface area contributed by atoms with Crippen LogP contribution in [-0.4, -0.2) is 29.9 Å². The first-order valence-electron chi connectivity index (χ1n) is 7.86. The van der Waals surface area contributed by atoms with E-state index in [4.69, 9.17) is 0 Å². The van der Waals surface area contributed by atoms with Crippen molar-refractivity contribution >= 4 is 17.9 Å². The molecule has 0 bridgehead atoms. The number of carbonyl (C=O) groups excluding carboxylic acids is 2. The molecule has 0 spiro atoms. The molecule has 2 rings (SSSR count). The number of nitrogens with one attached hydrogen (secondary N) is 2. The second-order valence-corrected chi connectivity index (χ2v) is 5.33. The monoisotopic (exact) mass is 323 g/mol. The Bertz CT molecular complexity index is 712. The molecule has 1 aromatic carbocycles. The van der Waals surface area contributed by atoms with Gasteiger partial charge in [0.15, 0.2) is 0 Å². The summed E-state index contributed by atoms with van der Waals surface area (Å²) < 4.78 is 0. The molecule has 5 nitrogen and oxygen atoms in total. The van der Waals surface area contributed by atoms with Crippen molar-refractivity contribution in [2.75, 3.05) is 13.1 Å². The van der Waals surface area contributed by atoms with Gasteiger partial charge in [-0.05, 0) is 42.7 Å². The minimum Gasteiger partial charge on any atom is -0.352 e. The lowest BCUT2D eigenvalue weighted by Crippen LogP contribution is -2.29. The molecule has 1 heterocycles. The summed E-state index contributed by atoms with van der Waals surface area (Å²) in [5.41, 5.74) is 2.68. The third-order valence-electron chi connectivity index (χ3n) is 3.46. The number of hydrogen-bond acceptors (Lipinski definition) is 3. The first kappa shape index (κ1) is 17.4. The molecule has 24 heavy (non-hydrogen) atoms. The molecule has 2 amide bonds. The van der Waals surface area contributed by atoms with Crippen LogP contribution in [0.2, 0.25) is 0 Å². The van der Waals surface area contributed by atoms with Crippen LogP contribution in [0.25, 0.3) is 6.08 Å². The fourth-order valence-electron chi connectivity index (χ4n) is 2.10. The van der Waals surface area contributed by atoms with Crippen molar-refractivity contribution in [3.05, 3.63) is 71.6 Å². The van der Waals surface area contributed by atoms with Crippen LogP contribution in [0.4, 0.5) is 0 Å². The predicted molar refractivity (Wildman–Crippen MR) is 94.4 cm³/mol. The zero-order chi connectivity index (χ0) is 17.2. The van der Waals surface area contributed by atoms with Crippen molar-refractivity contribution in [2.24, 2.45) is 0 Å². The van der Waals surface area contributed by atoms with Gasteiger partial charge in [0.2, 0.25) is 5.91 Å². The average Bonchev–Trinajstić information content (AvgIpc) is 2.61. The molecule has 2 N–H and O–H groups in total. The van der Waals surface area contributed by atoms with E-state index in [1.807, 2.05) is 31.2 Å². The zero-order valence-corrected chi connectivity index (χ0v) is 13.7. The quantitative estimate of drug-likeness (QED) is 0.607. The second kappa shape index (κ2) is 9.25. The Kier molecular flexibility index (Phi) is 6.71. The summed E-state index contributed by atoms with van der Waals surface area (Å²) >= 11 is 0. The molecule has 0 aliphatic carbocycles. The Balaban J connectivity index is 1.65. The van der Waals surface area contributed by atoms with Gasteiger partial charge in [-0.3, -0.25) is 14.6 Å². The van der Waals surface area contributed by atoms with Crippen LogP contribution in [0.15, 0.2) is 54.9 Å². The van der Waals surface area contributed by atoms with Gasteiger partial charge in [-0.1, -0.05) is 24.3 Å². The van der Waals surface area contributed by atoms with Crippen molar-refractivity contribution in [1.82, 2.24) is 15.6 Å². The van der Waals surface area contributed by atoms with Gasteiger partial charge in [0.25, 0.3) is 5.91 Å². The molecule has 1 aromatic heterocycles. The van der Waals surface area contributed by atoms with E-state index in [1.165, 1.54) is 12.3 Å². The molecule has 0 radical (unpaired) electrons. The van der Waals surface area contributed by atoms with Crippen LogP contribution in [0, 0.1) is 6.92 Å². The minimum atomic E-state index is -0.158. The van der Waals surface area contributed by atoms with E-state index in [-0.39, 0.29) is 11.8 Å². The van der Waals surface area contributed by atoms with Crippen LogP contribution in [0.1, 0.15) is 27.9 Å². The van der Waals surface area contributed by atoms with Gasteiger partial charge in [-0.2, -0.15) is 0 Å². The lowest BCUT2D eigenvalue weighted by Gasteiger charge is -2.05. The fourth-order valence-corrected chi connectivity index (χ4v) is 2.10. The largest absolute Gasteiger partial charge is 0.352 e. The summed E-state index contributed by atoms with van der Waals surface area (Å²) in [4.78, 5) is 27.4. The Labute approximate surface area is 141 Å². The number of hydrogen-bond donors (Lipinski definition) is 2. The van der Waals surface area contributed by atoms with E-state index in [2.05, 4.69) is 15.6 Å². The van der Waals surface area contributed by atoms with Crippen LogP contribution in [0.5, 0.6) is 0 Å². The summed E-state index contributed by atoms with van der Waals surface area (Å²) in [6, 6.07) is 11.3. The molecular weight excluding hydrogens is 302 g/mol. The van der Waals surface area contributed by atoms with Gasteiger partial charge in [0.1, 0.15) is 0 Å². The molecule has 0 saturated carbocycles. The minimum absolute atomic E-state index is 0.142. The van der Waals surface area contributed by atoms with Crippen LogP contribution < -0.4 is 10.6 Å². The molecular formula is C19H21N3O2. The topological polar surface area (TPSA) is 71.1 Å². The molecule has 0 aliphatic heterocycles. The summed E-state index contributed by atoms with van der Waals surface area (Å²) in [6.07, 6.45) is 7.13. The Morgan fingerprint density at radius 3 is 2.62 bits per heavy atom. The number of pyridine rings is 1. The smallest absolute Gasteiger partial charge is 0.252 e. The number of carbonyl (C=O) groups is 2. The third-order valence-corrected chi connectivity index (χ3v) is 3.46. The molecule has 124 valence electrons. The second-order valence-electron chi connectivity index (χ2n) is 5.33. The van der Waals surface area contributed by atoms with E-state index >= 15 is 0 Å². The number of nitrogens with zero attached hydrogens (tertiary/aromatic N) is 1. The van der Waals surface area contributed by atoms with Crippen LogP contribution in [-0.2, 0) is 4.79 Å². The first-order chi connectivity index (χ1) is 11.7. The average molecular weight is 323 g/mol. The molecule has 0 saturated heterocycles. The van der Waals surface area contributed by atoms with Gasteiger partial charge in [-0.15, -0.1) is 0 Å². The van der Waals surface area contributed by atoms with Gasteiger partial charge in [-0.25, -0.2) is 0 Å². The van der Waals surface area contributed by atoms with Gasteiger partial charge >= 0.3 is 0 Å². The van der Waals surface area contributed by atoms with Gasteiger partial charge < -0.3 is 10.6 Å². The maximum absolute atomic E-state index is 11.8. The highest BCUT2D eigenvalue weighted by atomic mass is 16.2. The Hall–Kier alpha value is -2.95. The van der Waals surface area contributed by atoms with E-state index in [9.17, 15) is 9.59 Å². The number of amides is 2. The third kappa shape index (κ3) is 5.68. The van der Waals surface area contributed by atoms with Crippen molar-refractivity contribution < 1.29 is 9.59 Å². The molecule has 0 aliphatic rings. The molecule has 0 fully saturated rings. The highest BCUT2D eigenvalue weighted by Crippen LogP contribution is 2.08. The lowest BCUT2D eigenvalue weighted by atomic mass is 10.1. The highest BCUT2D eigenvalue weighted by Gasteiger charge is 2.03. The molecule has 2 aromatic rings. The van der Waals surface area contributed by atoms with Gasteiger partial charge in [0, 0.05) is 31.6 Å². The SMILES string of the molecule is Cc1ccccc1/C=C/C(=O)NCCCNC(=O)c1cccnc1. The fraction of sp³-hybridized carbons (Fsp3) is 0.211. The summed E-state index contributed by atoms with van der Waals surface area (Å²) in [7, 11) is 0. The van der Waals surface area contributed by atoms with E-state index < -0.39 is 0 Å². The maximum Gasteiger partial charge on any atom is 0.252 e. The summed E-state index contributed by atoms with van der Waals surface area (Å²) in [5, 5.41) is 5.59. The predicted octanol–water partition coefficient (Wildman–Crippen LogP) is 2.34. The van der Waals surface area contributed by atoms with Crippen molar-refractivity contribution in [1.29, 1.82) is 0 Å². The maximum atomic E-state index is 11.8. The number of aryl methyl sites for hydroxylation is 1. The molecule has 0 unspecified atom stereocenters. The number of rotatable bonds is 7. The van der Waals surface area contributed by atoms with E-state index in [0.717, 1.165) is 11.1 Å². The van der Waals surface area contributed by atoms with Crippen molar-refractivity contribution in [2.45, 2.75) is 13.3 Å². The van der Waals surface area contributed by atoms with Crippen molar-refractivity contribution in [3.63, 3.8) is 0 Å². The standard InChI is InChI=1S/C19H21N3O2/c1-15-6-2-3-7-16(15)9-10-18(23)21-12-5-13-22-19(24)17-8-4-11-20-14-17/h2-4,6-11,14H,5,12-13H2,1H3,(H,21,23)(H,22,24)/b10-9+. The summed E-state index contributed by atoms with van der Waals surface area (Å²) in [6.45, 7) is 3.00. The van der Waals surface area contributed by atoms with E-state index in [0.29, 0.717) is 25.1 Å². The lowest BCUT2D eigenvalue weighted by molar-refractivity contribution is -0.116. The zero-order valence-electron chi connectivity index (χ0n) is 13.7. The number of aromatic nitrogens is 1. The van der Waals surface area contributed by atoms with Crippen LogP contribution in [0.3, 0.4) is 0 Å². The first-order valence-corrected chi connectivity index (χ1v) is 7.86. The Morgan fingerprint density at radius 2 is 1.88 bits per heavy atom. The van der Waals surface area contributed by atoms with E-state index in [1.54, 1.807) is 24.4 Å². The van der Waals surface area contributed by atoms with Gasteiger partial charge in [0.05, 0.1) is 5.56 Å². The van der Waals surface area contributed by atoms with Crippen LogP contribution >= 0.6 is 0 Å². The normalized spacial score (nSPS) is 10.5. The molecule has 5 heteroatoms. The summed E-state index contributed by atoms with van der Waals surface area (Å²) in [5.74, 6) is -0.300. The van der Waals surface area contributed by atoms with Crippen molar-refractivity contribution in [3.8, 4) is 0 Å².